The zero-order valence-corrected chi connectivity index (χ0v) is 11.1. The second-order valence-corrected chi connectivity index (χ2v) is 4.97. The first kappa shape index (κ1) is 13.5. The molecule has 18 heavy (non-hydrogen) atoms. The van der Waals surface area contributed by atoms with Gasteiger partial charge in [0.2, 0.25) is 0 Å². The van der Waals surface area contributed by atoms with Crippen LogP contribution in [0.25, 0.3) is 0 Å². The van der Waals surface area contributed by atoms with E-state index < -0.39 is 0 Å². The van der Waals surface area contributed by atoms with Crippen LogP contribution < -0.4 is 0 Å². The maximum absolute atomic E-state index is 9.32. The molecular weight excluding hydrogens is 230 g/mol. The maximum atomic E-state index is 9.32. The van der Waals surface area contributed by atoms with Crippen molar-refractivity contribution >= 4 is 0 Å². The Morgan fingerprint density at radius 2 is 1.94 bits per heavy atom. The number of aromatic nitrogens is 3. The van der Waals surface area contributed by atoms with Gasteiger partial charge < -0.3 is 14.4 Å². The predicted octanol–water partition coefficient (Wildman–Crippen LogP) is 1.85. The number of methoxy groups -OCH3 is 1. The third-order valence-corrected chi connectivity index (χ3v) is 3.74. The van der Waals surface area contributed by atoms with E-state index in [4.69, 9.17) is 4.74 Å². The zero-order valence-electron chi connectivity index (χ0n) is 11.1. The van der Waals surface area contributed by atoms with Crippen LogP contribution in [0.15, 0.2) is 0 Å². The number of rotatable bonds is 5. The lowest BCUT2D eigenvalue weighted by Gasteiger charge is -2.16. The molecule has 1 aromatic rings. The number of aliphatic hydroxyl groups excluding tert-OH is 1. The lowest BCUT2D eigenvalue weighted by Crippen LogP contribution is -2.14. The van der Waals surface area contributed by atoms with Crippen molar-refractivity contribution in [3.05, 3.63) is 11.6 Å². The zero-order chi connectivity index (χ0) is 12.8. The SMILES string of the molecule is COCCn1c(CO)nnc1C1CCCCCC1. The van der Waals surface area contributed by atoms with Crippen molar-refractivity contribution in [3.63, 3.8) is 0 Å². The average Bonchev–Trinajstić information content (AvgIpc) is 2.61. The maximum Gasteiger partial charge on any atom is 0.158 e. The van der Waals surface area contributed by atoms with E-state index in [9.17, 15) is 5.11 Å². The Morgan fingerprint density at radius 3 is 2.56 bits per heavy atom. The van der Waals surface area contributed by atoms with Gasteiger partial charge in [0.05, 0.1) is 6.61 Å². The number of ether oxygens (including phenoxy) is 1. The van der Waals surface area contributed by atoms with Gasteiger partial charge in [-0.15, -0.1) is 10.2 Å². The fraction of sp³-hybridized carbons (Fsp3) is 0.846. The van der Waals surface area contributed by atoms with Crippen LogP contribution >= 0.6 is 0 Å². The Hall–Kier alpha value is -0.940. The van der Waals surface area contributed by atoms with Crippen LogP contribution in [0.3, 0.4) is 0 Å². The van der Waals surface area contributed by atoms with E-state index in [1.807, 2.05) is 4.57 Å². The predicted molar refractivity (Wildman–Crippen MR) is 68.3 cm³/mol. The fourth-order valence-corrected chi connectivity index (χ4v) is 2.73. The first-order valence-electron chi connectivity index (χ1n) is 6.88. The molecule has 0 atom stereocenters. The number of nitrogens with zero attached hydrogens (tertiary/aromatic N) is 3. The van der Waals surface area contributed by atoms with Crippen LogP contribution in [0.4, 0.5) is 0 Å². The van der Waals surface area contributed by atoms with E-state index in [2.05, 4.69) is 10.2 Å². The molecule has 0 saturated heterocycles. The van der Waals surface area contributed by atoms with Crippen LogP contribution in [0, 0.1) is 0 Å². The van der Waals surface area contributed by atoms with E-state index in [0.29, 0.717) is 18.3 Å². The molecule has 0 aliphatic heterocycles. The minimum atomic E-state index is -0.0521. The van der Waals surface area contributed by atoms with Gasteiger partial charge in [-0.25, -0.2) is 0 Å². The third-order valence-electron chi connectivity index (χ3n) is 3.74. The lowest BCUT2D eigenvalue weighted by atomic mass is 9.99. The summed E-state index contributed by atoms with van der Waals surface area (Å²) in [5, 5.41) is 17.7. The molecule has 1 aliphatic rings. The summed E-state index contributed by atoms with van der Waals surface area (Å²) in [7, 11) is 1.69. The Balaban J connectivity index is 2.16. The largest absolute Gasteiger partial charge is 0.388 e. The lowest BCUT2D eigenvalue weighted by molar-refractivity contribution is 0.181. The van der Waals surface area contributed by atoms with Crippen molar-refractivity contribution in [1.29, 1.82) is 0 Å². The first-order chi connectivity index (χ1) is 8.86. The number of aliphatic hydroxyl groups is 1. The van der Waals surface area contributed by atoms with Crippen LogP contribution in [0.1, 0.15) is 56.1 Å². The van der Waals surface area contributed by atoms with Gasteiger partial charge in [-0.2, -0.15) is 0 Å². The highest BCUT2D eigenvalue weighted by Crippen LogP contribution is 2.30. The summed E-state index contributed by atoms with van der Waals surface area (Å²) in [6, 6.07) is 0. The van der Waals surface area contributed by atoms with E-state index in [0.717, 1.165) is 12.4 Å². The Morgan fingerprint density at radius 1 is 1.22 bits per heavy atom. The molecule has 1 aromatic heterocycles. The van der Waals surface area contributed by atoms with Crippen molar-refractivity contribution in [2.24, 2.45) is 0 Å². The molecule has 1 aliphatic carbocycles. The topological polar surface area (TPSA) is 60.2 Å². The molecule has 0 aromatic carbocycles. The first-order valence-corrected chi connectivity index (χ1v) is 6.88. The molecule has 2 rings (SSSR count). The van der Waals surface area contributed by atoms with Gasteiger partial charge in [-0.3, -0.25) is 0 Å². The molecule has 1 N–H and O–H groups in total. The normalized spacial score (nSPS) is 17.9. The molecular formula is C13H23N3O2. The van der Waals surface area contributed by atoms with Gasteiger partial charge in [0.15, 0.2) is 5.82 Å². The molecule has 0 spiro atoms. The van der Waals surface area contributed by atoms with Gasteiger partial charge in [-0.05, 0) is 12.8 Å². The quantitative estimate of drug-likeness (QED) is 0.814. The van der Waals surface area contributed by atoms with Crippen molar-refractivity contribution < 1.29 is 9.84 Å². The van der Waals surface area contributed by atoms with E-state index in [-0.39, 0.29) is 6.61 Å². The van der Waals surface area contributed by atoms with Crippen molar-refractivity contribution in [3.8, 4) is 0 Å². The van der Waals surface area contributed by atoms with Crippen LogP contribution in [-0.2, 0) is 17.9 Å². The summed E-state index contributed by atoms with van der Waals surface area (Å²) in [5.41, 5.74) is 0. The molecule has 0 amide bonds. The minimum absolute atomic E-state index is 0.0521. The third kappa shape index (κ3) is 3.09. The molecule has 1 heterocycles. The van der Waals surface area contributed by atoms with Crippen molar-refractivity contribution in [1.82, 2.24) is 14.8 Å². The summed E-state index contributed by atoms with van der Waals surface area (Å²) in [6.07, 6.45) is 7.59. The summed E-state index contributed by atoms with van der Waals surface area (Å²) in [6.45, 7) is 1.30. The molecule has 0 unspecified atom stereocenters. The Kier molecular flexibility index (Phi) is 5.13. The summed E-state index contributed by atoms with van der Waals surface area (Å²) < 4.78 is 7.16. The van der Waals surface area contributed by atoms with E-state index >= 15 is 0 Å². The summed E-state index contributed by atoms with van der Waals surface area (Å²) in [5.74, 6) is 2.20. The highest BCUT2D eigenvalue weighted by Gasteiger charge is 2.21. The minimum Gasteiger partial charge on any atom is -0.388 e. The molecule has 0 radical (unpaired) electrons. The van der Waals surface area contributed by atoms with Gasteiger partial charge in [-0.1, -0.05) is 25.7 Å². The van der Waals surface area contributed by atoms with E-state index in [1.165, 1.54) is 38.5 Å². The van der Waals surface area contributed by atoms with Crippen LogP contribution in [0.5, 0.6) is 0 Å². The van der Waals surface area contributed by atoms with Crippen molar-refractivity contribution in [2.75, 3.05) is 13.7 Å². The average molecular weight is 253 g/mol. The molecule has 5 heteroatoms. The summed E-state index contributed by atoms with van der Waals surface area (Å²) in [4.78, 5) is 0. The molecule has 102 valence electrons. The Labute approximate surface area is 108 Å². The van der Waals surface area contributed by atoms with Gasteiger partial charge in [0, 0.05) is 19.6 Å². The highest BCUT2D eigenvalue weighted by molar-refractivity contribution is 5.02. The number of hydrogen-bond donors (Lipinski definition) is 1. The molecule has 1 fully saturated rings. The smallest absolute Gasteiger partial charge is 0.158 e. The second-order valence-electron chi connectivity index (χ2n) is 4.97. The van der Waals surface area contributed by atoms with Crippen LogP contribution in [0.2, 0.25) is 0 Å². The highest BCUT2D eigenvalue weighted by atomic mass is 16.5. The van der Waals surface area contributed by atoms with E-state index in [1.54, 1.807) is 7.11 Å². The fourth-order valence-electron chi connectivity index (χ4n) is 2.73. The van der Waals surface area contributed by atoms with Gasteiger partial charge in [0.25, 0.3) is 0 Å². The molecule has 1 saturated carbocycles. The monoisotopic (exact) mass is 253 g/mol. The molecule has 0 bridgehead atoms. The standard InChI is InChI=1S/C13H23N3O2/c1-18-9-8-16-12(10-17)14-15-13(16)11-6-4-2-3-5-7-11/h11,17H,2-10H2,1H3. The van der Waals surface area contributed by atoms with Crippen molar-refractivity contribution in [2.45, 2.75) is 57.6 Å². The number of hydrogen-bond acceptors (Lipinski definition) is 4. The molecule has 5 nitrogen and oxygen atoms in total. The Bertz CT molecular complexity index is 357. The van der Waals surface area contributed by atoms with Gasteiger partial charge >= 0.3 is 0 Å². The van der Waals surface area contributed by atoms with Crippen LogP contribution in [-0.4, -0.2) is 33.6 Å². The van der Waals surface area contributed by atoms with Gasteiger partial charge in [0.1, 0.15) is 12.4 Å². The summed E-state index contributed by atoms with van der Waals surface area (Å²) >= 11 is 0. The second kappa shape index (κ2) is 6.85.